The second kappa shape index (κ2) is 9.00. The van der Waals surface area contributed by atoms with E-state index in [2.05, 4.69) is 44.6 Å². The number of ether oxygens (including phenoxy) is 1. The first-order chi connectivity index (χ1) is 14.6. The maximum atomic E-state index is 14.2. The van der Waals surface area contributed by atoms with Gasteiger partial charge in [0.25, 0.3) is 0 Å². The first-order valence-corrected chi connectivity index (χ1v) is 10.6. The van der Waals surface area contributed by atoms with Crippen LogP contribution in [0.15, 0.2) is 47.6 Å². The van der Waals surface area contributed by atoms with Crippen molar-refractivity contribution >= 4 is 11.8 Å². The molecule has 0 radical (unpaired) electrons. The number of benzene rings is 1. The van der Waals surface area contributed by atoms with Gasteiger partial charge in [-0.2, -0.15) is 0 Å². The topological polar surface area (TPSA) is 61.8 Å². The van der Waals surface area contributed by atoms with Crippen LogP contribution in [0.4, 0.5) is 10.2 Å². The zero-order valence-corrected chi connectivity index (χ0v) is 17.7. The largest absolute Gasteiger partial charge is 0.375 e. The number of aliphatic imine (C=N–C) groups is 1. The van der Waals surface area contributed by atoms with Gasteiger partial charge in [0.2, 0.25) is 0 Å². The van der Waals surface area contributed by atoms with E-state index in [1.54, 1.807) is 13.1 Å². The average Bonchev–Trinajstić information content (AvgIpc) is 3.55. The number of aromatic nitrogens is 1. The van der Waals surface area contributed by atoms with Crippen molar-refractivity contribution < 1.29 is 9.13 Å². The molecule has 1 aromatic heterocycles. The number of anilines is 1. The molecular formula is C23H30FN5O. The lowest BCUT2D eigenvalue weighted by atomic mass is 9.95. The first-order valence-electron chi connectivity index (χ1n) is 10.6. The van der Waals surface area contributed by atoms with Crippen LogP contribution in [0.2, 0.25) is 0 Å². The lowest BCUT2D eigenvalue weighted by molar-refractivity contribution is 0.0529. The molecular weight excluding hydrogens is 381 g/mol. The Morgan fingerprint density at radius 1 is 1.27 bits per heavy atom. The standard InChI is InChI=1S/C23H30FN5O/c1-17-15-29(11-12-30-17)21-8-7-18(13-26-21)14-27-22(25-2)28-16-23(9-10-23)19-5-3-4-6-20(19)24/h3-8,13,17H,9-12,14-16H2,1-2H3,(H2,25,27,28). The van der Waals surface area contributed by atoms with Gasteiger partial charge < -0.3 is 20.3 Å². The number of hydrogen-bond acceptors (Lipinski definition) is 4. The number of nitrogens with one attached hydrogen (secondary N) is 2. The molecule has 1 saturated heterocycles. The monoisotopic (exact) mass is 411 g/mol. The van der Waals surface area contributed by atoms with E-state index >= 15 is 0 Å². The number of nitrogens with zero attached hydrogens (tertiary/aromatic N) is 3. The number of hydrogen-bond donors (Lipinski definition) is 2. The van der Waals surface area contributed by atoms with Crippen LogP contribution in [0.3, 0.4) is 0 Å². The van der Waals surface area contributed by atoms with Crippen LogP contribution in [0.1, 0.15) is 30.9 Å². The highest BCUT2D eigenvalue weighted by molar-refractivity contribution is 5.79. The van der Waals surface area contributed by atoms with Crippen LogP contribution in [0.25, 0.3) is 0 Å². The molecule has 2 N–H and O–H groups in total. The Morgan fingerprint density at radius 3 is 2.77 bits per heavy atom. The summed E-state index contributed by atoms with van der Waals surface area (Å²) in [6.45, 7) is 5.85. The molecule has 1 atom stereocenters. The average molecular weight is 412 g/mol. The maximum Gasteiger partial charge on any atom is 0.191 e. The van der Waals surface area contributed by atoms with E-state index in [-0.39, 0.29) is 17.3 Å². The van der Waals surface area contributed by atoms with Crippen LogP contribution in [0.5, 0.6) is 0 Å². The zero-order valence-electron chi connectivity index (χ0n) is 17.7. The van der Waals surface area contributed by atoms with Crippen molar-refractivity contribution in [2.24, 2.45) is 4.99 Å². The Balaban J connectivity index is 1.29. The molecule has 2 aromatic rings. The number of rotatable bonds is 6. The van der Waals surface area contributed by atoms with Gasteiger partial charge in [0.15, 0.2) is 5.96 Å². The van der Waals surface area contributed by atoms with Gasteiger partial charge in [-0.1, -0.05) is 24.3 Å². The molecule has 0 amide bonds. The molecule has 0 bridgehead atoms. The summed E-state index contributed by atoms with van der Waals surface area (Å²) in [5.41, 5.74) is 1.75. The minimum atomic E-state index is -0.124. The minimum Gasteiger partial charge on any atom is -0.375 e. The van der Waals surface area contributed by atoms with Gasteiger partial charge in [0, 0.05) is 44.8 Å². The van der Waals surface area contributed by atoms with Gasteiger partial charge in [-0.15, -0.1) is 0 Å². The Labute approximate surface area is 177 Å². The van der Waals surface area contributed by atoms with E-state index in [9.17, 15) is 4.39 Å². The van der Waals surface area contributed by atoms with Gasteiger partial charge in [-0.3, -0.25) is 4.99 Å². The Bertz CT molecular complexity index is 881. The van der Waals surface area contributed by atoms with Gasteiger partial charge in [-0.25, -0.2) is 9.37 Å². The second-order valence-electron chi connectivity index (χ2n) is 8.19. The predicted molar refractivity (Wildman–Crippen MR) is 117 cm³/mol. The highest BCUT2D eigenvalue weighted by atomic mass is 19.1. The molecule has 1 aliphatic carbocycles. The Hall–Kier alpha value is -2.67. The summed E-state index contributed by atoms with van der Waals surface area (Å²) in [7, 11) is 1.75. The summed E-state index contributed by atoms with van der Waals surface area (Å²) < 4.78 is 19.8. The van der Waals surface area contributed by atoms with E-state index in [4.69, 9.17) is 4.74 Å². The summed E-state index contributed by atoms with van der Waals surface area (Å²) in [4.78, 5) is 11.2. The fourth-order valence-corrected chi connectivity index (χ4v) is 3.98. The smallest absolute Gasteiger partial charge is 0.191 e. The first kappa shape index (κ1) is 20.6. The van der Waals surface area contributed by atoms with Crippen LogP contribution in [-0.2, 0) is 16.7 Å². The molecule has 1 saturated carbocycles. The van der Waals surface area contributed by atoms with Gasteiger partial charge >= 0.3 is 0 Å². The second-order valence-corrected chi connectivity index (χ2v) is 8.19. The molecule has 7 heteroatoms. The highest BCUT2D eigenvalue weighted by Gasteiger charge is 2.45. The normalized spacial score (nSPS) is 20.7. The molecule has 160 valence electrons. The fourth-order valence-electron chi connectivity index (χ4n) is 3.98. The van der Waals surface area contributed by atoms with Gasteiger partial charge in [0.1, 0.15) is 11.6 Å². The van der Waals surface area contributed by atoms with Crippen molar-refractivity contribution in [1.82, 2.24) is 15.6 Å². The molecule has 2 fully saturated rings. The predicted octanol–water partition coefficient (Wildman–Crippen LogP) is 2.84. The van der Waals surface area contributed by atoms with Crippen molar-refractivity contribution in [2.45, 2.75) is 37.8 Å². The molecule has 0 spiro atoms. The van der Waals surface area contributed by atoms with Gasteiger partial charge in [0.05, 0.1) is 12.7 Å². The Kier molecular flexibility index (Phi) is 6.18. The lowest BCUT2D eigenvalue weighted by Crippen LogP contribution is -2.41. The summed E-state index contributed by atoms with van der Waals surface area (Å²) in [6, 6.07) is 11.2. The Morgan fingerprint density at radius 2 is 2.10 bits per heavy atom. The molecule has 4 rings (SSSR count). The third kappa shape index (κ3) is 4.73. The molecule has 2 heterocycles. The quantitative estimate of drug-likeness (QED) is 0.565. The van der Waals surface area contributed by atoms with E-state index in [0.717, 1.165) is 49.5 Å². The SMILES string of the molecule is CN=C(NCc1ccc(N2CCOC(C)C2)nc1)NCC1(c2ccccc2F)CC1. The fraction of sp³-hybridized carbons (Fsp3) is 0.478. The van der Waals surface area contributed by atoms with Crippen molar-refractivity contribution in [1.29, 1.82) is 0 Å². The van der Waals surface area contributed by atoms with Crippen molar-refractivity contribution in [3.05, 3.63) is 59.5 Å². The number of pyridine rings is 1. The molecule has 30 heavy (non-hydrogen) atoms. The number of guanidine groups is 1. The molecule has 1 aliphatic heterocycles. The van der Waals surface area contributed by atoms with Crippen LogP contribution >= 0.6 is 0 Å². The van der Waals surface area contributed by atoms with E-state index in [1.165, 1.54) is 6.07 Å². The maximum absolute atomic E-state index is 14.2. The van der Waals surface area contributed by atoms with Crippen LogP contribution in [0, 0.1) is 5.82 Å². The highest BCUT2D eigenvalue weighted by Crippen LogP contribution is 2.48. The van der Waals surface area contributed by atoms with E-state index < -0.39 is 0 Å². The van der Waals surface area contributed by atoms with Crippen molar-refractivity contribution in [3.63, 3.8) is 0 Å². The third-order valence-corrected chi connectivity index (χ3v) is 5.95. The van der Waals surface area contributed by atoms with E-state index in [0.29, 0.717) is 19.0 Å². The lowest BCUT2D eigenvalue weighted by Gasteiger charge is -2.32. The molecule has 6 nitrogen and oxygen atoms in total. The van der Waals surface area contributed by atoms with Gasteiger partial charge in [-0.05, 0) is 43.0 Å². The van der Waals surface area contributed by atoms with Crippen LogP contribution in [-0.4, -0.2) is 50.3 Å². The van der Waals surface area contributed by atoms with E-state index in [1.807, 2.05) is 18.3 Å². The zero-order chi connectivity index (χ0) is 21.0. The van der Waals surface area contributed by atoms with Crippen molar-refractivity contribution in [3.8, 4) is 0 Å². The molecule has 2 aliphatic rings. The summed E-state index contributed by atoms with van der Waals surface area (Å²) >= 11 is 0. The third-order valence-electron chi connectivity index (χ3n) is 5.95. The molecule has 1 unspecified atom stereocenters. The summed E-state index contributed by atoms with van der Waals surface area (Å²) in [5, 5.41) is 6.70. The molecule has 1 aromatic carbocycles. The number of halogens is 1. The summed E-state index contributed by atoms with van der Waals surface area (Å²) in [6.07, 6.45) is 4.11. The summed E-state index contributed by atoms with van der Waals surface area (Å²) in [5.74, 6) is 1.57. The minimum absolute atomic E-state index is 0.124. The van der Waals surface area contributed by atoms with Crippen LogP contribution < -0.4 is 15.5 Å². The van der Waals surface area contributed by atoms with Crippen molar-refractivity contribution in [2.75, 3.05) is 38.2 Å². The number of morpholine rings is 1.